The molecule has 0 radical (unpaired) electrons. The van der Waals surface area contributed by atoms with Gasteiger partial charge in [0.1, 0.15) is 7.05 Å². The van der Waals surface area contributed by atoms with Crippen LogP contribution in [0, 0.1) is 0 Å². The van der Waals surface area contributed by atoms with Crippen LogP contribution in [-0.4, -0.2) is 23.1 Å². The molecule has 0 fully saturated rings. The molecule has 128 valence electrons. The van der Waals surface area contributed by atoms with Gasteiger partial charge >= 0.3 is 0 Å². The molecule has 4 heteroatoms. The Morgan fingerprint density at radius 2 is 1.96 bits per heavy atom. The van der Waals surface area contributed by atoms with Crippen molar-refractivity contribution in [3.05, 3.63) is 78.6 Å². The third-order valence-electron chi connectivity index (χ3n) is 4.34. The molecule has 0 saturated carbocycles. The molecule has 3 aromatic rings. The third-order valence-corrected chi connectivity index (χ3v) is 4.34. The van der Waals surface area contributed by atoms with Gasteiger partial charge in [0.15, 0.2) is 6.20 Å². The highest BCUT2D eigenvalue weighted by Gasteiger charge is 2.02. The zero-order valence-corrected chi connectivity index (χ0v) is 14.9. The van der Waals surface area contributed by atoms with Crippen LogP contribution in [-0.2, 0) is 13.6 Å². The second-order valence-electron chi connectivity index (χ2n) is 6.24. The summed E-state index contributed by atoms with van der Waals surface area (Å²) >= 11 is 0. The maximum absolute atomic E-state index is 4.07. The molecule has 3 rings (SSSR count). The Kier molecular flexibility index (Phi) is 5.62. The Morgan fingerprint density at radius 3 is 2.68 bits per heavy atom. The summed E-state index contributed by atoms with van der Waals surface area (Å²) < 4.78 is 4.23. The molecular weight excluding hydrogens is 308 g/mol. The van der Waals surface area contributed by atoms with E-state index in [1.54, 1.807) is 0 Å². The van der Waals surface area contributed by atoms with E-state index in [9.17, 15) is 0 Å². The highest BCUT2D eigenvalue weighted by atomic mass is 15.1. The first-order valence-corrected chi connectivity index (χ1v) is 8.62. The van der Waals surface area contributed by atoms with E-state index in [0.717, 1.165) is 19.5 Å². The van der Waals surface area contributed by atoms with E-state index in [4.69, 9.17) is 0 Å². The molecule has 0 aliphatic carbocycles. The molecular formula is C21H25N4+. The van der Waals surface area contributed by atoms with Gasteiger partial charge in [-0.15, -0.1) is 0 Å². The smallest absolute Gasteiger partial charge is 0.204 e. The molecule has 2 aromatic heterocycles. The molecule has 0 amide bonds. The first kappa shape index (κ1) is 17.0. The van der Waals surface area contributed by atoms with Crippen LogP contribution in [0.1, 0.15) is 17.7 Å². The van der Waals surface area contributed by atoms with Gasteiger partial charge in [-0.2, -0.15) is 0 Å². The summed E-state index contributed by atoms with van der Waals surface area (Å²) in [6.07, 6.45) is 13.1. The van der Waals surface area contributed by atoms with Crippen molar-refractivity contribution in [1.82, 2.24) is 9.55 Å². The van der Waals surface area contributed by atoms with Crippen molar-refractivity contribution in [2.24, 2.45) is 7.05 Å². The lowest BCUT2D eigenvalue weighted by atomic mass is 10.1. The maximum Gasteiger partial charge on any atom is 0.204 e. The van der Waals surface area contributed by atoms with Crippen LogP contribution < -0.4 is 9.47 Å². The molecule has 0 N–H and O–H groups in total. The number of rotatable bonds is 7. The quantitative estimate of drug-likeness (QED) is 0.619. The number of aromatic nitrogens is 3. The second-order valence-corrected chi connectivity index (χ2v) is 6.24. The van der Waals surface area contributed by atoms with Gasteiger partial charge in [0, 0.05) is 56.4 Å². The molecule has 0 aliphatic heterocycles. The monoisotopic (exact) mass is 333 g/mol. The largest absolute Gasteiger partial charge is 0.375 e. The van der Waals surface area contributed by atoms with E-state index in [1.807, 2.05) is 24.8 Å². The third kappa shape index (κ3) is 4.80. The van der Waals surface area contributed by atoms with Gasteiger partial charge in [0.2, 0.25) is 5.69 Å². The highest BCUT2D eigenvalue weighted by molar-refractivity contribution is 5.68. The Balaban J connectivity index is 1.55. The van der Waals surface area contributed by atoms with Crippen LogP contribution in [0.25, 0.3) is 12.2 Å². The molecule has 0 bridgehead atoms. The van der Waals surface area contributed by atoms with Crippen molar-refractivity contribution in [1.29, 1.82) is 0 Å². The van der Waals surface area contributed by atoms with Crippen molar-refractivity contribution in [3.63, 3.8) is 0 Å². The Labute approximate surface area is 149 Å². The first-order valence-electron chi connectivity index (χ1n) is 8.62. The number of hydrogen-bond acceptors (Lipinski definition) is 2. The summed E-state index contributed by atoms with van der Waals surface area (Å²) in [5.74, 6) is 0. The molecule has 25 heavy (non-hydrogen) atoms. The van der Waals surface area contributed by atoms with Crippen LogP contribution in [0.4, 0.5) is 5.69 Å². The fraction of sp³-hybridized carbons (Fsp3) is 0.238. The normalized spacial score (nSPS) is 11.1. The van der Waals surface area contributed by atoms with E-state index < -0.39 is 0 Å². The Morgan fingerprint density at radius 1 is 1.12 bits per heavy atom. The van der Waals surface area contributed by atoms with E-state index in [1.165, 1.54) is 16.9 Å². The standard InChI is InChI=1S/C21H25N4/c1-23-14-4-3-6-20(23)10-7-19-8-11-21(12-9-19)24(2)15-5-16-25-17-13-22-18-25/h3-4,6-14,17-18H,5,15-16H2,1-2H3/q+1. The van der Waals surface area contributed by atoms with E-state index >= 15 is 0 Å². The molecule has 0 unspecified atom stereocenters. The summed E-state index contributed by atoms with van der Waals surface area (Å²) in [4.78, 5) is 6.37. The summed E-state index contributed by atoms with van der Waals surface area (Å²) in [5, 5.41) is 0. The van der Waals surface area contributed by atoms with Gasteiger partial charge in [0.05, 0.1) is 6.33 Å². The molecule has 4 nitrogen and oxygen atoms in total. The average molecular weight is 333 g/mol. The van der Waals surface area contributed by atoms with Gasteiger partial charge in [-0.3, -0.25) is 0 Å². The predicted molar refractivity (Wildman–Crippen MR) is 103 cm³/mol. The number of hydrogen-bond donors (Lipinski definition) is 0. The zero-order valence-electron chi connectivity index (χ0n) is 14.9. The van der Waals surface area contributed by atoms with Gasteiger partial charge < -0.3 is 9.47 Å². The number of nitrogens with zero attached hydrogens (tertiary/aromatic N) is 4. The minimum absolute atomic E-state index is 0.999. The Hall–Kier alpha value is -2.88. The average Bonchev–Trinajstić information content (AvgIpc) is 3.15. The number of anilines is 1. The first-order chi connectivity index (χ1) is 12.2. The van der Waals surface area contributed by atoms with Crippen molar-refractivity contribution >= 4 is 17.8 Å². The SMILES string of the molecule is CN(CCCn1ccnc1)c1ccc(/C=C/c2cccc[n+]2C)cc1. The molecule has 0 saturated heterocycles. The fourth-order valence-corrected chi connectivity index (χ4v) is 2.77. The number of aryl methyl sites for hydroxylation is 2. The summed E-state index contributed by atoms with van der Waals surface area (Å²) in [6.45, 7) is 2.02. The van der Waals surface area contributed by atoms with Gasteiger partial charge in [0.25, 0.3) is 0 Å². The van der Waals surface area contributed by atoms with Crippen LogP contribution in [0.2, 0.25) is 0 Å². The van der Waals surface area contributed by atoms with Gasteiger partial charge in [-0.05, 0) is 36.3 Å². The number of benzene rings is 1. The van der Waals surface area contributed by atoms with Crippen molar-refractivity contribution in [2.45, 2.75) is 13.0 Å². The van der Waals surface area contributed by atoms with E-state index in [-0.39, 0.29) is 0 Å². The second kappa shape index (κ2) is 8.29. The van der Waals surface area contributed by atoms with Crippen LogP contribution in [0.5, 0.6) is 0 Å². The van der Waals surface area contributed by atoms with Crippen LogP contribution >= 0.6 is 0 Å². The minimum Gasteiger partial charge on any atom is -0.375 e. The minimum atomic E-state index is 0.999. The highest BCUT2D eigenvalue weighted by Crippen LogP contribution is 2.15. The lowest BCUT2D eigenvalue weighted by Gasteiger charge is -2.19. The van der Waals surface area contributed by atoms with Crippen LogP contribution in [0.3, 0.4) is 0 Å². The summed E-state index contributed by atoms with van der Waals surface area (Å²) in [5.41, 5.74) is 3.63. The zero-order chi connectivity index (χ0) is 17.5. The molecule has 0 aliphatic rings. The fourth-order valence-electron chi connectivity index (χ4n) is 2.77. The number of pyridine rings is 1. The van der Waals surface area contributed by atoms with Crippen molar-refractivity contribution in [2.75, 3.05) is 18.5 Å². The Bertz CT molecular complexity index is 804. The number of imidazole rings is 1. The van der Waals surface area contributed by atoms with E-state index in [2.05, 4.69) is 87.9 Å². The predicted octanol–water partition coefficient (Wildman–Crippen LogP) is 3.40. The summed E-state index contributed by atoms with van der Waals surface area (Å²) in [6, 6.07) is 14.9. The van der Waals surface area contributed by atoms with Crippen molar-refractivity contribution in [3.8, 4) is 0 Å². The lowest BCUT2D eigenvalue weighted by Crippen LogP contribution is -2.30. The van der Waals surface area contributed by atoms with Crippen LogP contribution in [0.15, 0.2) is 67.4 Å². The molecule has 0 spiro atoms. The summed E-state index contributed by atoms with van der Waals surface area (Å²) in [7, 11) is 4.20. The maximum atomic E-state index is 4.07. The molecule has 2 heterocycles. The molecule has 1 aromatic carbocycles. The topological polar surface area (TPSA) is 24.9 Å². The molecule has 0 atom stereocenters. The lowest BCUT2D eigenvalue weighted by molar-refractivity contribution is -0.673. The van der Waals surface area contributed by atoms with Gasteiger partial charge in [-0.25, -0.2) is 9.55 Å². The van der Waals surface area contributed by atoms with Crippen molar-refractivity contribution < 1.29 is 4.57 Å². The van der Waals surface area contributed by atoms with Gasteiger partial charge in [-0.1, -0.05) is 12.1 Å². The van der Waals surface area contributed by atoms with E-state index in [0.29, 0.717) is 0 Å².